The summed E-state index contributed by atoms with van der Waals surface area (Å²) >= 11 is 0. The van der Waals surface area contributed by atoms with Crippen LogP contribution in [0.25, 0.3) is 5.69 Å². The van der Waals surface area contributed by atoms with Crippen LogP contribution >= 0.6 is 0 Å². The third kappa shape index (κ3) is 3.47. The minimum atomic E-state index is -0.310. The number of aliphatic hydroxyl groups is 1. The van der Waals surface area contributed by atoms with Crippen LogP contribution in [-0.4, -0.2) is 67.4 Å². The van der Waals surface area contributed by atoms with E-state index in [0.717, 1.165) is 69.4 Å². The van der Waals surface area contributed by atoms with E-state index in [2.05, 4.69) is 24.9 Å². The number of aromatic nitrogens is 4. The Morgan fingerprint density at radius 1 is 1.10 bits per heavy atom. The molecule has 2 aromatic rings. The summed E-state index contributed by atoms with van der Waals surface area (Å²) in [7, 11) is 0. The van der Waals surface area contributed by atoms with E-state index in [9.17, 15) is 9.90 Å². The van der Waals surface area contributed by atoms with Crippen molar-refractivity contribution in [2.45, 2.75) is 64.0 Å². The zero-order chi connectivity index (χ0) is 20.7. The maximum Gasteiger partial charge on any atom is 0.230 e. The number of carbonyl (C=O) groups excluding carboxylic acids is 1. The van der Waals surface area contributed by atoms with Crippen LogP contribution in [0.5, 0.6) is 0 Å². The predicted octanol–water partition coefficient (Wildman–Crippen LogP) is 2.09. The minimum absolute atomic E-state index is 0.191. The summed E-state index contributed by atoms with van der Waals surface area (Å²) in [6.45, 7) is 4.37. The number of carbonyl (C=O) groups is 1. The number of piperidine rings is 1. The van der Waals surface area contributed by atoms with Gasteiger partial charge in [0.1, 0.15) is 5.69 Å². The first-order valence-electron chi connectivity index (χ1n) is 11.1. The van der Waals surface area contributed by atoms with Gasteiger partial charge in [0.05, 0.1) is 29.6 Å². The third-order valence-electron chi connectivity index (χ3n) is 7.12. The highest BCUT2D eigenvalue weighted by molar-refractivity contribution is 5.86. The number of amides is 1. The Labute approximate surface area is 176 Å². The monoisotopic (exact) mass is 410 g/mol. The first-order valence-corrected chi connectivity index (χ1v) is 11.1. The normalized spacial score (nSPS) is 29.7. The number of hydrogen-bond donors (Lipinski definition) is 1. The first kappa shape index (κ1) is 19.5. The van der Waals surface area contributed by atoms with Gasteiger partial charge in [-0.05, 0) is 57.9 Å². The van der Waals surface area contributed by atoms with E-state index < -0.39 is 0 Å². The molecule has 30 heavy (non-hydrogen) atoms. The number of aryl methyl sites for hydroxylation is 1. The fourth-order valence-electron chi connectivity index (χ4n) is 5.40. The summed E-state index contributed by atoms with van der Waals surface area (Å²) in [6.07, 6.45) is 11.6. The van der Waals surface area contributed by atoms with Crippen molar-refractivity contribution in [3.8, 4) is 5.69 Å². The van der Waals surface area contributed by atoms with E-state index in [4.69, 9.17) is 0 Å². The van der Waals surface area contributed by atoms with E-state index in [-0.39, 0.29) is 11.5 Å². The van der Waals surface area contributed by atoms with Crippen LogP contribution < -0.4 is 4.90 Å². The lowest BCUT2D eigenvalue weighted by Gasteiger charge is -2.40. The Morgan fingerprint density at radius 2 is 1.87 bits per heavy atom. The lowest BCUT2D eigenvalue weighted by molar-refractivity contribution is -0.139. The number of rotatable bonds is 3. The summed E-state index contributed by atoms with van der Waals surface area (Å²) in [5, 5.41) is 14.2. The largest absolute Gasteiger partial charge is 0.393 e. The fraction of sp³-hybridized carbons (Fsp3) is 0.636. The molecule has 1 aliphatic carbocycles. The van der Waals surface area contributed by atoms with E-state index >= 15 is 0 Å². The van der Waals surface area contributed by atoms with Gasteiger partial charge >= 0.3 is 0 Å². The second-order valence-electron chi connectivity index (χ2n) is 9.16. The van der Waals surface area contributed by atoms with E-state index in [1.807, 2.05) is 19.2 Å². The molecule has 2 saturated heterocycles. The molecule has 160 valence electrons. The van der Waals surface area contributed by atoms with Gasteiger partial charge in [0.25, 0.3) is 0 Å². The zero-order valence-electron chi connectivity index (χ0n) is 17.6. The molecule has 1 amide bonds. The average Bonchev–Trinajstić information content (AvgIpc) is 3.33. The predicted molar refractivity (Wildman–Crippen MR) is 112 cm³/mol. The maximum absolute atomic E-state index is 13.5. The first-order chi connectivity index (χ1) is 14.5. The lowest BCUT2D eigenvalue weighted by Crippen LogP contribution is -2.50. The van der Waals surface area contributed by atoms with Crippen molar-refractivity contribution in [2.24, 2.45) is 5.41 Å². The van der Waals surface area contributed by atoms with Crippen LogP contribution in [-0.2, 0) is 4.79 Å². The Bertz CT molecular complexity index is 905. The standard InChI is InChI=1S/C22H30N6O2/c1-16-7-11-28(25-16)18-13-23-21(24-14-18)26-10-2-8-22(15-26)9-12-27(20(22)30)17-3-5-19(29)6-4-17/h7,11,13-14,17,19,29H,2-6,8-10,12,15H2,1H3/t17-,19+,22?. The molecule has 1 atom stereocenters. The highest BCUT2D eigenvalue weighted by Gasteiger charge is 2.50. The second-order valence-corrected chi connectivity index (χ2v) is 9.16. The van der Waals surface area contributed by atoms with Crippen LogP contribution in [0.15, 0.2) is 24.7 Å². The molecule has 0 radical (unpaired) electrons. The molecule has 0 bridgehead atoms. The van der Waals surface area contributed by atoms with E-state index in [0.29, 0.717) is 24.4 Å². The van der Waals surface area contributed by atoms with Crippen LogP contribution in [0.4, 0.5) is 5.95 Å². The van der Waals surface area contributed by atoms with Gasteiger partial charge in [-0.2, -0.15) is 5.10 Å². The Balaban J connectivity index is 1.29. The van der Waals surface area contributed by atoms with Crippen molar-refractivity contribution >= 4 is 11.9 Å². The molecule has 1 unspecified atom stereocenters. The molecule has 2 aromatic heterocycles. The van der Waals surface area contributed by atoms with E-state index in [1.54, 1.807) is 17.1 Å². The van der Waals surface area contributed by atoms with Crippen molar-refractivity contribution < 1.29 is 9.90 Å². The molecule has 8 nitrogen and oxygen atoms in total. The minimum Gasteiger partial charge on any atom is -0.393 e. The van der Waals surface area contributed by atoms with Gasteiger partial charge in [0.2, 0.25) is 11.9 Å². The summed E-state index contributed by atoms with van der Waals surface area (Å²) < 4.78 is 1.77. The molecule has 4 heterocycles. The van der Waals surface area contributed by atoms with Gasteiger partial charge in [-0.1, -0.05) is 0 Å². The SMILES string of the molecule is Cc1ccn(-c2cnc(N3CCCC4(CCN([C@H]5CC[C@@H](O)CC5)C4=O)C3)nc2)n1. The van der Waals surface area contributed by atoms with Gasteiger partial charge in [-0.25, -0.2) is 14.6 Å². The smallest absolute Gasteiger partial charge is 0.230 e. The Morgan fingerprint density at radius 3 is 2.57 bits per heavy atom. The van der Waals surface area contributed by atoms with Crippen molar-refractivity contribution in [2.75, 3.05) is 24.5 Å². The van der Waals surface area contributed by atoms with Crippen LogP contribution in [0.2, 0.25) is 0 Å². The molecule has 2 aliphatic heterocycles. The highest BCUT2D eigenvalue weighted by Crippen LogP contribution is 2.43. The van der Waals surface area contributed by atoms with Crippen molar-refractivity contribution in [1.82, 2.24) is 24.6 Å². The molecule has 5 rings (SSSR count). The molecule has 0 aromatic carbocycles. The number of anilines is 1. The molecule has 3 aliphatic rings. The van der Waals surface area contributed by atoms with Gasteiger partial charge in [0, 0.05) is 31.9 Å². The van der Waals surface area contributed by atoms with Crippen molar-refractivity contribution in [1.29, 1.82) is 0 Å². The molecule has 1 spiro atoms. The molecule has 8 heteroatoms. The summed E-state index contributed by atoms with van der Waals surface area (Å²) in [4.78, 5) is 26.9. The number of hydrogen-bond acceptors (Lipinski definition) is 6. The number of aliphatic hydroxyl groups excluding tert-OH is 1. The van der Waals surface area contributed by atoms with Crippen molar-refractivity contribution in [3.05, 3.63) is 30.4 Å². The maximum atomic E-state index is 13.5. The van der Waals surface area contributed by atoms with Gasteiger partial charge < -0.3 is 14.9 Å². The topological polar surface area (TPSA) is 87.4 Å². The second kappa shape index (κ2) is 7.65. The highest BCUT2D eigenvalue weighted by atomic mass is 16.3. The molecular formula is C22H30N6O2. The number of nitrogens with zero attached hydrogens (tertiary/aromatic N) is 6. The van der Waals surface area contributed by atoms with E-state index in [1.165, 1.54) is 0 Å². The number of likely N-dealkylation sites (tertiary alicyclic amines) is 1. The summed E-state index contributed by atoms with van der Waals surface area (Å²) in [5.41, 5.74) is 1.48. The van der Waals surface area contributed by atoms with Crippen molar-refractivity contribution in [3.63, 3.8) is 0 Å². The molecule has 3 fully saturated rings. The van der Waals surface area contributed by atoms with Crippen LogP contribution in [0, 0.1) is 12.3 Å². The molecular weight excluding hydrogens is 380 g/mol. The molecule has 1 N–H and O–H groups in total. The summed E-state index contributed by atoms with van der Waals surface area (Å²) in [5.74, 6) is 0.992. The average molecular weight is 411 g/mol. The van der Waals surface area contributed by atoms with Gasteiger partial charge in [-0.15, -0.1) is 0 Å². The lowest BCUT2D eigenvalue weighted by atomic mass is 9.78. The van der Waals surface area contributed by atoms with Crippen LogP contribution in [0.3, 0.4) is 0 Å². The third-order valence-corrected chi connectivity index (χ3v) is 7.12. The summed E-state index contributed by atoms with van der Waals surface area (Å²) in [6, 6.07) is 2.25. The zero-order valence-corrected chi connectivity index (χ0v) is 17.6. The molecule has 1 saturated carbocycles. The Hall–Kier alpha value is -2.48. The van der Waals surface area contributed by atoms with Crippen LogP contribution in [0.1, 0.15) is 50.6 Å². The quantitative estimate of drug-likeness (QED) is 0.834. The Kier molecular flexibility index (Phi) is 4.97. The fourth-order valence-corrected chi connectivity index (χ4v) is 5.40. The van der Waals surface area contributed by atoms with Gasteiger partial charge in [0.15, 0.2) is 0 Å². The van der Waals surface area contributed by atoms with Gasteiger partial charge in [-0.3, -0.25) is 4.79 Å².